The van der Waals surface area contributed by atoms with Gasteiger partial charge in [0.1, 0.15) is 0 Å². The van der Waals surface area contributed by atoms with E-state index < -0.39 is 0 Å². The van der Waals surface area contributed by atoms with Crippen LogP contribution in [0.25, 0.3) is 6.08 Å². The second kappa shape index (κ2) is 4.04. The Balaban J connectivity index is 2.64. The van der Waals surface area contributed by atoms with Crippen LogP contribution in [-0.4, -0.2) is 6.04 Å². The Morgan fingerprint density at radius 2 is 2.36 bits per heavy atom. The van der Waals surface area contributed by atoms with E-state index in [-0.39, 0.29) is 6.04 Å². The summed E-state index contributed by atoms with van der Waals surface area (Å²) in [5, 5.41) is 0. The number of nitrogens with two attached hydrogens (primary N) is 1. The highest BCUT2D eigenvalue weighted by molar-refractivity contribution is 9.11. The van der Waals surface area contributed by atoms with Crippen molar-refractivity contribution in [2.75, 3.05) is 0 Å². The van der Waals surface area contributed by atoms with Crippen molar-refractivity contribution in [1.82, 2.24) is 0 Å². The molecule has 1 atom stereocenters. The fraction of sp³-hybridized carbons (Fsp3) is 0.250. The molecule has 1 heterocycles. The molecule has 3 heteroatoms. The average Bonchev–Trinajstić information content (AvgIpc) is 2.31. The molecule has 1 aromatic heterocycles. The third kappa shape index (κ3) is 3.18. The number of halogens is 1. The maximum absolute atomic E-state index is 5.55. The first-order chi connectivity index (χ1) is 5.18. The Kier molecular flexibility index (Phi) is 3.30. The van der Waals surface area contributed by atoms with Crippen molar-refractivity contribution in [2.45, 2.75) is 13.0 Å². The highest BCUT2D eigenvalue weighted by Gasteiger charge is 1.92. The van der Waals surface area contributed by atoms with Crippen LogP contribution in [0.15, 0.2) is 22.0 Å². The minimum absolute atomic E-state index is 0.135. The summed E-state index contributed by atoms with van der Waals surface area (Å²) in [6.07, 6.45) is 4.03. The van der Waals surface area contributed by atoms with Crippen LogP contribution in [0.1, 0.15) is 11.8 Å². The third-order valence-electron chi connectivity index (χ3n) is 1.16. The van der Waals surface area contributed by atoms with Gasteiger partial charge in [0.2, 0.25) is 0 Å². The van der Waals surface area contributed by atoms with Crippen LogP contribution in [0, 0.1) is 0 Å². The summed E-state index contributed by atoms with van der Waals surface area (Å²) < 4.78 is 1.15. The molecule has 0 saturated heterocycles. The molecule has 60 valence electrons. The van der Waals surface area contributed by atoms with Gasteiger partial charge in [-0.15, -0.1) is 11.3 Å². The van der Waals surface area contributed by atoms with E-state index in [0.717, 1.165) is 3.79 Å². The molecule has 0 bridgehead atoms. The van der Waals surface area contributed by atoms with Gasteiger partial charge in [-0.05, 0) is 41.1 Å². The lowest BCUT2D eigenvalue weighted by Crippen LogP contribution is -2.09. The van der Waals surface area contributed by atoms with Gasteiger partial charge in [0.15, 0.2) is 0 Å². The van der Waals surface area contributed by atoms with Gasteiger partial charge in [-0.1, -0.05) is 6.08 Å². The molecule has 2 N–H and O–H groups in total. The Morgan fingerprint density at radius 3 is 2.82 bits per heavy atom. The Hall–Kier alpha value is -0.120. The van der Waals surface area contributed by atoms with Gasteiger partial charge in [-0.25, -0.2) is 0 Å². The first-order valence-corrected chi connectivity index (χ1v) is 4.98. The van der Waals surface area contributed by atoms with Crippen LogP contribution in [0.4, 0.5) is 0 Å². The first-order valence-electron chi connectivity index (χ1n) is 3.37. The molecule has 1 nitrogen and oxygen atoms in total. The standard InChI is InChI=1S/C8H10BrNS/c1-6(10)2-3-7-4-5-8(9)11-7/h2-6H,10H2,1H3/b3-2+. The van der Waals surface area contributed by atoms with Crippen molar-refractivity contribution in [1.29, 1.82) is 0 Å². The zero-order valence-corrected chi connectivity index (χ0v) is 8.65. The lowest BCUT2D eigenvalue weighted by atomic mass is 10.3. The monoisotopic (exact) mass is 231 g/mol. The van der Waals surface area contributed by atoms with E-state index in [4.69, 9.17) is 5.73 Å². The molecule has 0 aromatic carbocycles. The number of hydrogen-bond donors (Lipinski definition) is 1. The Bertz CT molecular complexity index is 252. The molecule has 11 heavy (non-hydrogen) atoms. The average molecular weight is 232 g/mol. The highest BCUT2D eigenvalue weighted by atomic mass is 79.9. The van der Waals surface area contributed by atoms with E-state index in [2.05, 4.69) is 22.0 Å². The molecule has 1 rings (SSSR count). The van der Waals surface area contributed by atoms with Crippen molar-refractivity contribution in [3.05, 3.63) is 26.9 Å². The van der Waals surface area contributed by atoms with Crippen molar-refractivity contribution >= 4 is 33.3 Å². The molecule has 1 unspecified atom stereocenters. The molecule has 0 saturated carbocycles. The third-order valence-corrected chi connectivity index (χ3v) is 2.75. The van der Waals surface area contributed by atoms with E-state index >= 15 is 0 Å². The number of hydrogen-bond acceptors (Lipinski definition) is 2. The summed E-state index contributed by atoms with van der Waals surface area (Å²) in [5.41, 5.74) is 5.55. The zero-order chi connectivity index (χ0) is 8.27. The van der Waals surface area contributed by atoms with Crippen LogP contribution in [-0.2, 0) is 0 Å². The largest absolute Gasteiger partial charge is 0.325 e. The van der Waals surface area contributed by atoms with E-state index in [1.165, 1.54) is 4.88 Å². The lowest BCUT2D eigenvalue weighted by Gasteiger charge is -1.91. The number of rotatable bonds is 2. The first kappa shape index (κ1) is 8.97. The van der Waals surface area contributed by atoms with Crippen LogP contribution >= 0.6 is 27.3 Å². The molecule has 0 aliphatic carbocycles. The molecule has 0 aliphatic rings. The number of thiophene rings is 1. The molecule has 0 amide bonds. The molecular formula is C8H10BrNS. The Morgan fingerprint density at radius 1 is 1.64 bits per heavy atom. The normalized spacial score (nSPS) is 14.1. The van der Waals surface area contributed by atoms with E-state index in [1.54, 1.807) is 11.3 Å². The maximum atomic E-state index is 5.55. The summed E-state index contributed by atoms with van der Waals surface area (Å²) in [6, 6.07) is 4.23. The van der Waals surface area contributed by atoms with Crippen molar-refractivity contribution in [2.24, 2.45) is 5.73 Å². The summed E-state index contributed by atoms with van der Waals surface area (Å²) in [6.45, 7) is 1.96. The van der Waals surface area contributed by atoms with Crippen LogP contribution in [0.5, 0.6) is 0 Å². The van der Waals surface area contributed by atoms with Crippen LogP contribution < -0.4 is 5.73 Å². The smallest absolute Gasteiger partial charge is 0.0704 e. The van der Waals surface area contributed by atoms with Crippen molar-refractivity contribution in [3.63, 3.8) is 0 Å². The van der Waals surface area contributed by atoms with Crippen molar-refractivity contribution in [3.8, 4) is 0 Å². The minimum Gasteiger partial charge on any atom is -0.325 e. The quantitative estimate of drug-likeness (QED) is 0.833. The van der Waals surface area contributed by atoms with Gasteiger partial charge in [0.05, 0.1) is 3.79 Å². The molecule has 1 aromatic rings. The van der Waals surface area contributed by atoms with Gasteiger partial charge in [0, 0.05) is 10.9 Å². The SMILES string of the molecule is CC(N)/C=C/c1ccc(Br)s1. The summed E-state index contributed by atoms with van der Waals surface area (Å²) in [7, 11) is 0. The second-order valence-electron chi connectivity index (χ2n) is 2.36. The van der Waals surface area contributed by atoms with Gasteiger partial charge < -0.3 is 5.73 Å². The fourth-order valence-electron chi connectivity index (χ4n) is 0.664. The van der Waals surface area contributed by atoms with Gasteiger partial charge >= 0.3 is 0 Å². The van der Waals surface area contributed by atoms with Crippen LogP contribution in [0.2, 0.25) is 0 Å². The van der Waals surface area contributed by atoms with Gasteiger partial charge in [0.25, 0.3) is 0 Å². The predicted molar refractivity (Wildman–Crippen MR) is 54.7 cm³/mol. The molecule has 0 aliphatic heterocycles. The van der Waals surface area contributed by atoms with Crippen molar-refractivity contribution < 1.29 is 0 Å². The molecule has 0 fully saturated rings. The summed E-state index contributed by atoms with van der Waals surface area (Å²) in [4.78, 5) is 1.23. The fourth-order valence-corrected chi connectivity index (χ4v) is 2.00. The molecule has 0 radical (unpaired) electrons. The molecular weight excluding hydrogens is 222 g/mol. The van der Waals surface area contributed by atoms with Gasteiger partial charge in [-0.3, -0.25) is 0 Å². The zero-order valence-electron chi connectivity index (χ0n) is 6.25. The maximum Gasteiger partial charge on any atom is 0.0704 e. The topological polar surface area (TPSA) is 26.0 Å². The van der Waals surface area contributed by atoms with Gasteiger partial charge in [-0.2, -0.15) is 0 Å². The second-order valence-corrected chi connectivity index (χ2v) is 4.85. The summed E-state index contributed by atoms with van der Waals surface area (Å²) >= 11 is 5.10. The summed E-state index contributed by atoms with van der Waals surface area (Å²) in [5.74, 6) is 0. The van der Waals surface area contributed by atoms with Crippen LogP contribution in [0.3, 0.4) is 0 Å². The minimum atomic E-state index is 0.135. The van der Waals surface area contributed by atoms with E-state index in [0.29, 0.717) is 0 Å². The molecule has 0 spiro atoms. The Labute approximate surface area is 79.0 Å². The lowest BCUT2D eigenvalue weighted by molar-refractivity contribution is 0.931. The van der Waals surface area contributed by atoms with E-state index in [9.17, 15) is 0 Å². The predicted octanol–water partition coefficient (Wildman–Crippen LogP) is 2.87. The highest BCUT2D eigenvalue weighted by Crippen LogP contribution is 2.22. The van der Waals surface area contributed by atoms with E-state index in [1.807, 2.05) is 25.1 Å².